The monoisotopic (exact) mass is 310 g/mol. The number of benzene rings is 1. The van der Waals surface area contributed by atoms with Crippen molar-refractivity contribution in [2.45, 2.75) is 45.1 Å². The number of hydrogen-bond acceptors (Lipinski definition) is 2. The Labute approximate surface area is 136 Å². The third-order valence-electron chi connectivity index (χ3n) is 4.53. The van der Waals surface area contributed by atoms with E-state index in [1.165, 1.54) is 32.1 Å². The lowest BCUT2D eigenvalue weighted by molar-refractivity contribution is 0.0697. The van der Waals surface area contributed by atoms with Crippen molar-refractivity contribution in [3.63, 3.8) is 0 Å². The Morgan fingerprint density at radius 3 is 2.74 bits per heavy atom. The number of aryl methyl sites for hydroxylation is 1. The fourth-order valence-corrected chi connectivity index (χ4v) is 3.19. The van der Waals surface area contributed by atoms with Gasteiger partial charge in [-0.1, -0.05) is 19.3 Å². The summed E-state index contributed by atoms with van der Waals surface area (Å²) < 4.78 is 2.31. The number of carbonyl (C=O) groups is 1. The van der Waals surface area contributed by atoms with E-state index in [2.05, 4.69) is 28.0 Å². The molecule has 120 valence electrons. The van der Waals surface area contributed by atoms with Crippen molar-refractivity contribution in [3.8, 4) is 0 Å². The molecule has 0 aliphatic heterocycles. The van der Waals surface area contributed by atoms with Crippen LogP contribution in [0.5, 0.6) is 0 Å². The van der Waals surface area contributed by atoms with Crippen molar-refractivity contribution in [2.75, 3.05) is 0 Å². The van der Waals surface area contributed by atoms with Gasteiger partial charge in [-0.25, -0.2) is 4.79 Å². The first-order valence-corrected chi connectivity index (χ1v) is 8.19. The van der Waals surface area contributed by atoms with Crippen molar-refractivity contribution in [2.24, 2.45) is 4.99 Å². The van der Waals surface area contributed by atoms with Gasteiger partial charge in [0.05, 0.1) is 11.3 Å². The van der Waals surface area contributed by atoms with Gasteiger partial charge in [0.15, 0.2) is 0 Å². The van der Waals surface area contributed by atoms with E-state index >= 15 is 0 Å². The molecule has 0 spiro atoms. The molecule has 1 N–H and O–H groups in total. The van der Waals surface area contributed by atoms with Gasteiger partial charge in [0.2, 0.25) is 0 Å². The summed E-state index contributed by atoms with van der Waals surface area (Å²) in [4.78, 5) is 15.5. The van der Waals surface area contributed by atoms with Crippen LogP contribution >= 0.6 is 0 Å². The molecule has 1 heterocycles. The minimum atomic E-state index is -0.909. The molecule has 0 unspecified atom stereocenters. The van der Waals surface area contributed by atoms with Crippen LogP contribution in [0.2, 0.25) is 0 Å². The molecule has 2 aromatic rings. The first kappa shape index (κ1) is 15.5. The molecule has 1 fully saturated rings. The average molecular weight is 310 g/mol. The van der Waals surface area contributed by atoms with E-state index in [0.29, 0.717) is 11.6 Å². The van der Waals surface area contributed by atoms with Crippen LogP contribution in [0.1, 0.15) is 59.6 Å². The molecule has 4 heteroatoms. The highest BCUT2D eigenvalue weighted by Gasteiger charge is 2.14. The summed E-state index contributed by atoms with van der Waals surface area (Å²) in [6.45, 7) is 1.88. The Bertz CT molecular complexity index is 725. The molecule has 1 saturated carbocycles. The fourth-order valence-electron chi connectivity index (χ4n) is 3.19. The van der Waals surface area contributed by atoms with Crippen molar-refractivity contribution >= 4 is 17.9 Å². The number of nitrogens with zero attached hydrogens (tertiary/aromatic N) is 2. The number of aliphatic imine (C=N–C) groups is 1. The lowest BCUT2D eigenvalue weighted by Crippen LogP contribution is -2.10. The second-order valence-electron chi connectivity index (χ2n) is 6.25. The topological polar surface area (TPSA) is 54.6 Å². The third-order valence-corrected chi connectivity index (χ3v) is 4.53. The Morgan fingerprint density at radius 1 is 1.26 bits per heavy atom. The minimum Gasteiger partial charge on any atom is -0.478 e. The molecule has 3 rings (SSSR count). The first-order chi connectivity index (χ1) is 11.1. The summed E-state index contributed by atoms with van der Waals surface area (Å²) >= 11 is 0. The van der Waals surface area contributed by atoms with Gasteiger partial charge in [-0.15, -0.1) is 0 Å². The highest BCUT2D eigenvalue weighted by atomic mass is 16.4. The van der Waals surface area contributed by atoms with Crippen molar-refractivity contribution in [1.82, 2.24) is 4.57 Å². The van der Waals surface area contributed by atoms with E-state index in [-0.39, 0.29) is 0 Å². The molecule has 4 nitrogen and oxygen atoms in total. The molecule has 0 saturated heterocycles. The maximum atomic E-state index is 11.0. The average Bonchev–Trinajstić information content (AvgIpc) is 3.03. The number of hydrogen-bond donors (Lipinski definition) is 1. The van der Waals surface area contributed by atoms with Crippen LogP contribution < -0.4 is 0 Å². The van der Waals surface area contributed by atoms with E-state index < -0.39 is 5.97 Å². The maximum Gasteiger partial charge on any atom is 0.335 e. The molecule has 1 aromatic carbocycles. The summed E-state index contributed by atoms with van der Waals surface area (Å²) in [7, 11) is 0. The van der Waals surface area contributed by atoms with Crippen LogP contribution in [-0.4, -0.2) is 21.9 Å². The second-order valence-corrected chi connectivity index (χ2v) is 6.25. The molecular formula is C19H22N2O2. The van der Waals surface area contributed by atoms with Gasteiger partial charge in [0.1, 0.15) is 0 Å². The molecule has 0 radical (unpaired) electrons. The summed E-state index contributed by atoms with van der Waals surface area (Å²) in [5.41, 5.74) is 3.05. The number of carboxylic acid groups (broad SMARTS) is 1. The van der Waals surface area contributed by atoms with Crippen LogP contribution in [-0.2, 0) is 0 Å². The van der Waals surface area contributed by atoms with Gasteiger partial charge in [0.25, 0.3) is 0 Å². The smallest absolute Gasteiger partial charge is 0.335 e. The highest BCUT2D eigenvalue weighted by molar-refractivity contribution is 5.89. The van der Waals surface area contributed by atoms with Gasteiger partial charge in [-0.3, -0.25) is 4.99 Å². The Hall–Kier alpha value is -2.36. The standard InChI is InChI=1S/C19H22N2O2/c1-14-11-16(19(22)23)7-8-18(14)20-12-15-9-10-21(13-15)17-5-3-2-4-6-17/h7-13,17H,2-6H2,1H3,(H,22,23). The van der Waals surface area contributed by atoms with Crippen molar-refractivity contribution in [1.29, 1.82) is 0 Å². The molecule has 1 aliphatic carbocycles. The van der Waals surface area contributed by atoms with Crippen molar-refractivity contribution in [3.05, 3.63) is 53.3 Å². The number of carboxylic acids is 1. The van der Waals surface area contributed by atoms with Gasteiger partial charge in [-0.2, -0.15) is 0 Å². The number of rotatable bonds is 4. The lowest BCUT2D eigenvalue weighted by atomic mass is 9.95. The molecule has 0 atom stereocenters. The van der Waals surface area contributed by atoms with Crippen LogP contribution in [0.15, 0.2) is 41.7 Å². The fraction of sp³-hybridized carbons (Fsp3) is 0.368. The molecule has 0 amide bonds. The highest BCUT2D eigenvalue weighted by Crippen LogP contribution is 2.28. The third kappa shape index (κ3) is 3.70. The quantitative estimate of drug-likeness (QED) is 0.828. The van der Waals surface area contributed by atoms with Gasteiger partial charge < -0.3 is 9.67 Å². The van der Waals surface area contributed by atoms with Gasteiger partial charge >= 0.3 is 5.97 Å². The summed E-state index contributed by atoms with van der Waals surface area (Å²) in [6, 6.07) is 7.71. The van der Waals surface area contributed by atoms with E-state index in [4.69, 9.17) is 5.11 Å². The normalized spacial score (nSPS) is 16.0. The van der Waals surface area contributed by atoms with Crippen LogP contribution in [0, 0.1) is 6.92 Å². The Morgan fingerprint density at radius 2 is 2.04 bits per heavy atom. The van der Waals surface area contributed by atoms with Crippen LogP contribution in [0.25, 0.3) is 0 Å². The van der Waals surface area contributed by atoms with E-state index in [9.17, 15) is 4.79 Å². The molecule has 23 heavy (non-hydrogen) atoms. The molecular weight excluding hydrogens is 288 g/mol. The summed E-state index contributed by atoms with van der Waals surface area (Å²) in [6.07, 6.45) is 12.7. The summed E-state index contributed by atoms with van der Waals surface area (Å²) in [5.74, 6) is -0.909. The molecule has 1 aliphatic rings. The van der Waals surface area contributed by atoms with Crippen molar-refractivity contribution < 1.29 is 9.90 Å². The lowest BCUT2D eigenvalue weighted by Gasteiger charge is -2.23. The largest absolute Gasteiger partial charge is 0.478 e. The minimum absolute atomic E-state index is 0.296. The van der Waals surface area contributed by atoms with E-state index in [1.807, 2.05) is 13.1 Å². The zero-order valence-corrected chi connectivity index (χ0v) is 13.4. The zero-order valence-electron chi connectivity index (χ0n) is 13.4. The van der Waals surface area contributed by atoms with Crippen LogP contribution in [0.3, 0.4) is 0 Å². The second kappa shape index (κ2) is 6.82. The predicted octanol–water partition coefficient (Wildman–Crippen LogP) is 4.75. The van der Waals surface area contributed by atoms with Gasteiger partial charge in [-0.05, 0) is 49.6 Å². The number of aromatic carboxylic acids is 1. The van der Waals surface area contributed by atoms with E-state index in [0.717, 1.165) is 16.8 Å². The maximum absolute atomic E-state index is 11.0. The molecule has 1 aromatic heterocycles. The van der Waals surface area contributed by atoms with E-state index in [1.54, 1.807) is 18.2 Å². The Kier molecular flexibility index (Phi) is 4.60. The number of aromatic nitrogens is 1. The zero-order chi connectivity index (χ0) is 16.2. The van der Waals surface area contributed by atoms with Gasteiger partial charge in [0, 0.05) is 30.2 Å². The SMILES string of the molecule is Cc1cc(C(=O)O)ccc1N=Cc1ccn(C2CCCCC2)c1. The first-order valence-electron chi connectivity index (χ1n) is 8.19. The Balaban J connectivity index is 1.73. The van der Waals surface area contributed by atoms with Crippen LogP contribution in [0.4, 0.5) is 5.69 Å². The molecule has 0 bridgehead atoms. The summed E-state index contributed by atoms with van der Waals surface area (Å²) in [5, 5.41) is 8.99. The predicted molar refractivity (Wildman–Crippen MR) is 91.9 cm³/mol.